The summed E-state index contributed by atoms with van der Waals surface area (Å²) in [6.07, 6.45) is 0. The molecule has 0 aliphatic carbocycles. The Labute approximate surface area is 96.0 Å². The van der Waals surface area contributed by atoms with Crippen LogP contribution in [0.2, 0.25) is 0 Å². The minimum Gasteiger partial charge on any atom is -0.494 e. The predicted octanol–water partition coefficient (Wildman–Crippen LogP) is 1.40. The van der Waals surface area contributed by atoms with E-state index >= 15 is 0 Å². The standard InChI is InChI=1S/C12H18N2O2/c1-3-16-12-6-4-11(5-7-12)14(9-8-13)10(2)15/h4-7H,3,8-9,13H2,1-2H3. The molecular weight excluding hydrogens is 204 g/mol. The summed E-state index contributed by atoms with van der Waals surface area (Å²) in [5.74, 6) is 0.803. The number of hydrogen-bond acceptors (Lipinski definition) is 3. The lowest BCUT2D eigenvalue weighted by molar-refractivity contribution is -0.116. The molecule has 2 N–H and O–H groups in total. The Kier molecular flexibility index (Phi) is 4.79. The van der Waals surface area contributed by atoms with Crippen molar-refractivity contribution in [1.29, 1.82) is 0 Å². The highest BCUT2D eigenvalue weighted by Gasteiger charge is 2.09. The van der Waals surface area contributed by atoms with Gasteiger partial charge >= 0.3 is 0 Å². The highest BCUT2D eigenvalue weighted by atomic mass is 16.5. The Balaban J connectivity index is 2.81. The van der Waals surface area contributed by atoms with E-state index in [2.05, 4.69) is 0 Å². The Hall–Kier alpha value is -1.55. The summed E-state index contributed by atoms with van der Waals surface area (Å²) in [6.45, 7) is 5.09. The maximum absolute atomic E-state index is 11.4. The van der Waals surface area contributed by atoms with E-state index in [4.69, 9.17) is 10.5 Å². The van der Waals surface area contributed by atoms with Gasteiger partial charge in [0.15, 0.2) is 0 Å². The van der Waals surface area contributed by atoms with Gasteiger partial charge in [0.1, 0.15) is 5.75 Å². The normalized spacial score (nSPS) is 9.94. The van der Waals surface area contributed by atoms with E-state index in [0.717, 1.165) is 11.4 Å². The Morgan fingerprint density at radius 1 is 1.38 bits per heavy atom. The molecule has 0 aromatic heterocycles. The van der Waals surface area contributed by atoms with Crippen LogP contribution in [0.4, 0.5) is 5.69 Å². The Morgan fingerprint density at radius 2 is 2.00 bits per heavy atom. The third-order valence-corrected chi connectivity index (χ3v) is 2.19. The number of amides is 1. The first kappa shape index (κ1) is 12.5. The van der Waals surface area contributed by atoms with Crippen molar-refractivity contribution in [2.24, 2.45) is 5.73 Å². The van der Waals surface area contributed by atoms with Gasteiger partial charge in [-0.15, -0.1) is 0 Å². The molecule has 0 saturated carbocycles. The molecule has 0 aliphatic rings. The molecule has 16 heavy (non-hydrogen) atoms. The van der Waals surface area contributed by atoms with Gasteiger partial charge in [-0.2, -0.15) is 0 Å². The number of nitrogens with two attached hydrogens (primary N) is 1. The Morgan fingerprint density at radius 3 is 2.44 bits per heavy atom. The zero-order chi connectivity index (χ0) is 12.0. The second kappa shape index (κ2) is 6.12. The van der Waals surface area contributed by atoms with Crippen LogP contribution in [0, 0.1) is 0 Å². The van der Waals surface area contributed by atoms with Crippen molar-refractivity contribution in [3.63, 3.8) is 0 Å². The molecule has 0 heterocycles. The van der Waals surface area contributed by atoms with Crippen LogP contribution in [0.15, 0.2) is 24.3 Å². The van der Waals surface area contributed by atoms with Gasteiger partial charge in [-0.1, -0.05) is 0 Å². The number of rotatable bonds is 5. The van der Waals surface area contributed by atoms with Crippen molar-refractivity contribution in [2.75, 3.05) is 24.6 Å². The molecule has 1 amide bonds. The molecular formula is C12H18N2O2. The summed E-state index contributed by atoms with van der Waals surface area (Å²) in [6, 6.07) is 7.43. The average Bonchev–Trinajstić information content (AvgIpc) is 2.27. The largest absolute Gasteiger partial charge is 0.494 e. The zero-order valence-corrected chi connectivity index (χ0v) is 9.77. The average molecular weight is 222 g/mol. The molecule has 88 valence electrons. The molecule has 0 fully saturated rings. The molecule has 0 saturated heterocycles. The number of anilines is 1. The third kappa shape index (κ3) is 3.24. The molecule has 1 aromatic carbocycles. The zero-order valence-electron chi connectivity index (χ0n) is 9.77. The minimum absolute atomic E-state index is 0.00499. The van der Waals surface area contributed by atoms with Crippen molar-refractivity contribution in [3.05, 3.63) is 24.3 Å². The summed E-state index contributed by atoms with van der Waals surface area (Å²) in [5.41, 5.74) is 6.31. The quantitative estimate of drug-likeness (QED) is 0.819. The summed E-state index contributed by atoms with van der Waals surface area (Å²) in [4.78, 5) is 13.0. The van der Waals surface area contributed by atoms with E-state index < -0.39 is 0 Å². The van der Waals surface area contributed by atoms with E-state index in [1.807, 2.05) is 31.2 Å². The van der Waals surface area contributed by atoms with Crippen molar-refractivity contribution in [3.8, 4) is 5.75 Å². The van der Waals surface area contributed by atoms with Crippen molar-refractivity contribution in [2.45, 2.75) is 13.8 Å². The molecule has 0 bridgehead atoms. The lowest BCUT2D eigenvalue weighted by Gasteiger charge is -2.20. The smallest absolute Gasteiger partial charge is 0.223 e. The van der Waals surface area contributed by atoms with Gasteiger partial charge in [0.25, 0.3) is 0 Å². The van der Waals surface area contributed by atoms with Crippen LogP contribution >= 0.6 is 0 Å². The monoisotopic (exact) mass is 222 g/mol. The van der Waals surface area contributed by atoms with Gasteiger partial charge in [-0.25, -0.2) is 0 Å². The second-order valence-corrected chi connectivity index (χ2v) is 3.39. The molecule has 1 rings (SSSR count). The van der Waals surface area contributed by atoms with Crippen LogP contribution in [0.5, 0.6) is 5.75 Å². The lowest BCUT2D eigenvalue weighted by Crippen LogP contribution is -2.33. The molecule has 4 nitrogen and oxygen atoms in total. The van der Waals surface area contributed by atoms with Gasteiger partial charge in [0.2, 0.25) is 5.91 Å². The van der Waals surface area contributed by atoms with Gasteiger partial charge in [-0.05, 0) is 31.2 Å². The van der Waals surface area contributed by atoms with E-state index in [1.54, 1.807) is 4.90 Å². The molecule has 0 spiro atoms. The molecule has 0 unspecified atom stereocenters. The van der Waals surface area contributed by atoms with Crippen molar-refractivity contribution in [1.82, 2.24) is 0 Å². The molecule has 1 aromatic rings. The highest BCUT2D eigenvalue weighted by Crippen LogP contribution is 2.19. The van der Waals surface area contributed by atoms with Gasteiger partial charge < -0.3 is 15.4 Å². The molecule has 0 atom stereocenters. The van der Waals surface area contributed by atoms with E-state index in [9.17, 15) is 4.79 Å². The summed E-state index contributed by atoms with van der Waals surface area (Å²) in [5, 5.41) is 0. The number of hydrogen-bond donors (Lipinski definition) is 1. The second-order valence-electron chi connectivity index (χ2n) is 3.39. The minimum atomic E-state index is -0.00499. The van der Waals surface area contributed by atoms with E-state index in [1.165, 1.54) is 6.92 Å². The maximum atomic E-state index is 11.4. The van der Waals surface area contributed by atoms with Gasteiger partial charge in [-0.3, -0.25) is 4.79 Å². The van der Waals surface area contributed by atoms with Gasteiger partial charge in [0.05, 0.1) is 6.61 Å². The number of benzene rings is 1. The van der Waals surface area contributed by atoms with Crippen LogP contribution in [0.3, 0.4) is 0 Å². The topological polar surface area (TPSA) is 55.6 Å². The van der Waals surface area contributed by atoms with Crippen LogP contribution in [0.25, 0.3) is 0 Å². The number of nitrogens with zero attached hydrogens (tertiary/aromatic N) is 1. The highest BCUT2D eigenvalue weighted by molar-refractivity contribution is 5.91. The van der Waals surface area contributed by atoms with Crippen LogP contribution in [-0.2, 0) is 4.79 Å². The maximum Gasteiger partial charge on any atom is 0.223 e. The fraction of sp³-hybridized carbons (Fsp3) is 0.417. The van der Waals surface area contributed by atoms with E-state index in [0.29, 0.717) is 19.7 Å². The molecule has 0 aliphatic heterocycles. The summed E-state index contributed by atoms with van der Waals surface area (Å²) >= 11 is 0. The fourth-order valence-corrected chi connectivity index (χ4v) is 1.49. The molecule has 4 heteroatoms. The fourth-order valence-electron chi connectivity index (χ4n) is 1.49. The first-order chi connectivity index (χ1) is 7.69. The predicted molar refractivity (Wildman–Crippen MR) is 64.7 cm³/mol. The van der Waals surface area contributed by atoms with Gasteiger partial charge in [0, 0.05) is 25.7 Å². The lowest BCUT2D eigenvalue weighted by atomic mass is 10.2. The van der Waals surface area contributed by atoms with Crippen LogP contribution in [-0.4, -0.2) is 25.6 Å². The first-order valence-corrected chi connectivity index (χ1v) is 5.40. The number of ether oxygens (including phenoxy) is 1. The van der Waals surface area contributed by atoms with Crippen LogP contribution in [0.1, 0.15) is 13.8 Å². The Bertz CT molecular complexity index is 335. The van der Waals surface area contributed by atoms with Crippen molar-refractivity contribution < 1.29 is 9.53 Å². The molecule has 0 radical (unpaired) electrons. The van der Waals surface area contributed by atoms with E-state index in [-0.39, 0.29) is 5.91 Å². The third-order valence-electron chi connectivity index (χ3n) is 2.19. The first-order valence-electron chi connectivity index (χ1n) is 5.40. The summed E-state index contributed by atoms with van der Waals surface area (Å²) < 4.78 is 5.33. The number of carbonyl (C=O) groups is 1. The van der Waals surface area contributed by atoms with Crippen molar-refractivity contribution >= 4 is 11.6 Å². The summed E-state index contributed by atoms with van der Waals surface area (Å²) in [7, 11) is 0. The van der Waals surface area contributed by atoms with Crippen LogP contribution < -0.4 is 15.4 Å². The SMILES string of the molecule is CCOc1ccc(N(CCN)C(C)=O)cc1. The number of carbonyl (C=O) groups excluding carboxylic acids is 1.